The van der Waals surface area contributed by atoms with Crippen LogP contribution in [0.15, 0.2) is 66.7 Å². The Morgan fingerprint density at radius 1 is 1.11 bits per heavy atom. The van der Waals surface area contributed by atoms with E-state index in [1.54, 1.807) is 53.4 Å². The van der Waals surface area contributed by atoms with Gasteiger partial charge in [0.25, 0.3) is 5.91 Å². The van der Waals surface area contributed by atoms with Crippen LogP contribution in [0.25, 0.3) is 0 Å². The number of benzene rings is 3. The van der Waals surface area contributed by atoms with Gasteiger partial charge in [-0.05, 0) is 78.8 Å². The normalized spacial score (nSPS) is 16.2. The summed E-state index contributed by atoms with van der Waals surface area (Å²) in [5, 5.41) is 3.65. The zero-order valence-corrected chi connectivity index (χ0v) is 22.3. The maximum absolute atomic E-state index is 13.7. The summed E-state index contributed by atoms with van der Waals surface area (Å²) in [7, 11) is 0. The molecule has 38 heavy (non-hydrogen) atoms. The van der Waals surface area contributed by atoms with Gasteiger partial charge in [-0.2, -0.15) is 0 Å². The molecule has 3 aromatic carbocycles. The van der Waals surface area contributed by atoms with Gasteiger partial charge in [0, 0.05) is 17.3 Å². The number of amides is 2. The predicted molar refractivity (Wildman–Crippen MR) is 149 cm³/mol. The van der Waals surface area contributed by atoms with Gasteiger partial charge in [0.1, 0.15) is 11.8 Å². The Bertz CT molecular complexity index is 1370. The largest absolute Gasteiger partial charge is 0.494 e. The van der Waals surface area contributed by atoms with Crippen LogP contribution in [-0.2, 0) is 16.1 Å². The van der Waals surface area contributed by atoms with E-state index in [4.69, 9.17) is 38.0 Å². The van der Waals surface area contributed by atoms with E-state index in [0.29, 0.717) is 46.2 Å². The molecule has 1 N–H and O–H groups in total. The third-order valence-electron chi connectivity index (χ3n) is 6.16. The average molecular weight is 552 g/mol. The molecule has 3 aromatic rings. The number of thiocarbonyl (C=S) groups is 1. The van der Waals surface area contributed by atoms with E-state index in [-0.39, 0.29) is 25.0 Å². The smallest absolute Gasteiger partial charge is 0.256 e. The zero-order chi connectivity index (χ0) is 26.6. The van der Waals surface area contributed by atoms with Crippen molar-refractivity contribution in [1.82, 2.24) is 4.90 Å². The number of halogens is 1. The average Bonchev–Trinajstić information content (AvgIpc) is 3.46. The highest BCUT2D eigenvalue weighted by atomic mass is 35.5. The Hall–Kier alpha value is -3.82. The lowest BCUT2D eigenvalue weighted by Crippen LogP contribution is -2.37. The van der Waals surface area contributed by atoms with Crippen LogP contribution in [0.3, 0.4) is 0 Å². The molecular formula is C28H26ClN3O5S. The van der Waals surface area contributed by atoms with Crippen molar-refractivity contribution in [3.63, 3.8) is 0 Å². The first-order valence-corrected chi connectivity index (χ1v) is 13.0. The lowest BCUT2D eigenvalue weighted by atomic mass is 10.1. The number of nitrogens with one attached hydrogen (secondary N) is 1. The lowest BCUT2D eigenvalue weighted by Gasteiger charge is -2.24. The highest BCUT2D eigenvalue weighted by Gasteiger charge is 2.44. The summed E-state index contributed by atoms with van der Waals surface area (Å²) < 4.78 is 16.5. The summed E-state index contributed by atoms with van der Waals surface area (Å²) in [6, 6.07) is 18.8. The zero-order valence-electron chi connectivity index (χ0n) is 20.7. The quantitative estimate of drug-likeness (QED) is 0.357. The van der Waals surface area contributed by atoms with Crippen LogP contribution >= 0.6 is 23.8 Å². The molecule has 2 aliphatic heterocycles. The standard InChI is InChI=1S/C28H26ClN3O5S/c1-2-12-35-22-9-7-20(8-10-22)30-26(33)15-23-27(34)32(21-5-3-4-19(29)14-21)28(38)31(23)16-18-6-11-24-25(13-18)37-17-36-24/h3-11,13-14,23H,2,12,15-17H2,1H3,(H,30,33). The van der Waals surface area contributed by atoms with Crippen LogP contribution in [0.5, 0.6) is 17.2 Å². The molecule has 0 spiro atoms. The van der Waals surface area contributed by atoms with Gasteiger partial charge in [-0.3, -0.25) is 14.5 Å². The summed E-state index contributed by atoms with van der Waals surface area (Å²) in [6.45, 7) is 3.13. The van der Waals surface area contributed by atoms with Crippen LogP contribution in [0.2, 0.25) is 5.02 Å². The first-order chi connectivity index (χ1) is 18.4. The van der Waals surface area contributed by atoms with Gasteiger partial charge in [-0.1, -0.05) is 30.7 Å². The first kappa shape index (κ1) is 25.8. The van der Waals surface area contributed by atoms with Gasteiger partial charge in [-0.25, -0.2) is 0 Å². The van der Waals surface area contributed by atoms with Crippen molar-refractivity contribution in [3.8, 4) is 17.2 Å². The molecule has 2 amide bonds. The summed E-state index contributed by atoms with van der Waals surface area (Å²) in [5.41, 5.74) is 2.03. The second-order valence-corrected chi connectivity index (χ2v) is 9.69. The predicted octanol–water partition coefficient (Wildman–Crippen LogP) is 5.39. The van der Waals surface area contributed by atoms with Crippen LogP contribution in [-0.4, -0.2) is 41.3 Å². The fourth-order valence-electron chi connectivity index (χ4n) is 4.34. The third kappa shape index (κ3) is 5.54. The molecule has 1 saturated heterocycles. The topological polar surface area (TPSA) is 80.3 Å². The molecular weight excluding hydrogens is 526 g/mol. The van der Waals surface area contributed by atoms with Gasteiger partial charge in [0.05, 0.1) is 18.7 Å². The molecule has 0 saturated carbocycles. The number of hydrogen-bond acceptors (Lipinski definition) is 6. The molecule has 8 nitrogen and oxygen atoms in total. The maximum atomic E-state index is 13.7. The number of anilines is 2. The maximum Gasteiger partial charge on any atom is 0.256 e. The van der Waals surface area contributed by atoms with Crippen molar-refractivity contribution in [2.75, 3.05) is 23.6 Å². The Labute approximate surface area is 231 Å². The minimum Gasteiger partial charge on any atom is -0.494 e. The number of carbonyl (C=O) groups excluding carboxylic acids is 2. The van der Waals surface area contributed by atoms with Gasteiger partial charge in [0.2, 0.25) is 12.7 Å². The molecule has 0 bridgehead atoms. The van der Waals surface area contributed by atoms with Crippen LogP contribution in [0, 0.1) is 0 Å². The number of nitrogens with zero attached hydrogens (tertiary/aromatic N) is 2. The summed E-state index contributed by atoms with van der Waals surface area (Å²) in [6.07, 6.45) is 0.819. The number of fused-ring (bicyclic) bond motifs is 1. The highest BCUT2D eigenvalue weighted by molar-refractivity contribution is 7.80. The molecule has 1 unspecified atom stereocenters. The molecule has 1 atom stereocenters. The van der Waals surface area contributed by atoms with Gasteiger partial charge in [-0.15, -0.1) is 0 Å². The summed E-state index contributed by atoms with van der Waals surface area (Å²) >= 11 is 12.0. The van der Waals surface area contributed by atoms with Crippen LogP contribution < -0.4 is 24.4 Å². The number of ether oxygens (including phenoxy) is 3. The fourth-order valence-corrected chi connectivity index (χ4v) is 4.92. The van der Waals surface area contributed by atoms with Crippen molar-refractivity contribution in [2.45, 2.75) is 32.4 Å². The fraction of sp³-hybridized carbons (Fsp3) is 0.250. The van der Waals surface area contributed by atoms with Crippen molar-refractivity contribution in [3.05, 3.63) is 77.3 Å². The molecule has 2 aliphatic rings. The van der Waals surface area contributed by atoms with E-state index in [2.05, 4.69) is 5.32 Å². The van der Waals surface area contributed by atoms with Crippen LogP contribution in [0.4, 0.5) is 11.4 Å². The van der Waals surface area contributed by atoms with E-state index < -0.39 is 6.04 Å². The van der Waals surface area contributed by atoms with Gasteiger partial charge in [0.15, 0.2) is 16.6 Å². The van der Waals surface area contributed by atoms with Gasteiger partial charge < -0.3 is 24.4 Å². The summed E-state index contributed by atoms with van der Waals surface area (Å²) in [5.74, 6) is 1.42. The Morgan fingerprint density at radius 3 is 2.66 bits per heavy atom. The lowest BCUT2D eigenvalue weighted by molar-refractivity contribution is -0.124. The van der Waals surface area contributed by atoms with E-state index in [0.717, 1.165) is 17.7 Å². The molecule has 1 fully saturated rings. The molecule has 0 aromatic heterocycles. The minimum absolute atomic E-state index is 0.0886. The molecule has 5 rings (SSSR count). The number of hydrogen-bond donors (Lipinski definition) is 1. The SMILES string of the molecule is CCCOc1ccc(NC(=O)CC2C(=O)N(c3cccc(Cl)c3)C(=S)N2Cc2ccc3c(c2)OCO3)cc1. The molecule has 0 radical (unpaired) electrons. The van der Waals surface area contributed by atoms with E-state index in [1.807, 2.05) is 25.1 Å². The van der Waals surface area contributed by atoms with E-state index in [1.165, 1.54) is 4.90 Å². The minimum atomic E-state index is -0.806. The number of rotatable bonds is 9. The van der Waals surface area contributed by atoms with E-state index >= 15 is 0 Å². The third-order valence-corrected chi connectivity index (χ3v) is 6.82. The molecule has 0 aliphatic carbocycles. The molecule has 196 valence electrons. The highest BCUT2D eigenvalue weighted by Crippen LogP contribution is 2.35. The Morgan fingerprint density at radius 2 is 1.89 bits per heavy atom. The number of carbonyl (C=O) groups is 2. The molecule has 10 heteroatoms. The summed E-state index contributed by atoms with van der Waals surface area (Å²) in [4.78, 5) is 29.9. The van der Waals surface area contributed by atoms with E-state index in [9.17, 15) is 9.59 Å². The van der Waals surface area contributed by atoms with Crippen LogP contribution in [0.1, 0.15) is 25.3 Å². The Balaban J connectivity index is 1.36. The first-order valence-electron chi connectivity index (χ1n) is 12.2. The monoisotopic (exact) mass is 551 g/mol. The van der Waals surface area contributed by atoms with Crippen molar-refractivity contribution in [1.29, 1.82) is 0 Å². The van der Waals surface area contributed by atoms with Crippen molar-refractivity contribution < 1.29 is 23.8 Å². The van der Waals surface area contributed by atoms with Gasteiger partial charge >= 0.3 is 0 Å². The second kappa shape index (κ2) is 11.3. The van der Waals surface area contributed by atoms with Crippen molar-refractivity contribution in [2.24, 2.45) is 0 Å². The second-order valence-electron chi connectivity index (χ2n) is 8.89. The Kier molecular flexibility index (Phi) is 7.67. The van der Waals surface area contributed by atoms with Crippen molar-refractivity contribution >= 4 is 52.1 Å². The molecule has 2 heterocycles.